The average Bonchev–Trinajstić information content (AvgIpc) is 3.27. The maximum absolute atomic E-state index is 14.0. The zero-order chi connectivity index (χ0) is 24.1. The molecule has 1 unspecified atom stereocenters. The molecule has 1 aliphatic carbocycles. The summed E-state index contributed by atoms with van der Waals surface area (Å²) in [5.74, 6) is 0.138. The number of piperidine rings is 2. The van der Waals surface area contributed by atoms with Crippen molar-refractivity contribution in [1.82, 2.24) is 10.2 Å². The monoisotopic (exact) mass is 464 g/mol. The third-order valence-corrected chi connectivity index (χ3v) is 9.74. The fourth-order valence-corrected chi connectivity index (χ4v) is 8.44. The maximum atomic E-state index is 14.0. The predicted molar refractivity (Wildman–Crippen MR) is 125 cm³/mol. The van der Waals surface area contributed by atoms with Gasteiger partial charge < -0.3 is 30.3 Å². The lowest BCUT2D eigenvalue weighted by Gasteiger charge is -2.69. The number of nitrogens with zero attached hydrogens (tertiary/aromatic N) is 2. The summed E-state index contributed by atoms with van der Waals surface area (Å²) < 4.78 is 6.10. The second-order valence-corrected chi connectivity index (χ2v) is 12.3. The van der Waals surface area contributed by atoms with Crippen molar-refractivity contribution >= 4 is 23.6 Å². The highest BCUT2D eigenvalue weighted by Gasteiger charge is 2.77. The van der Waals surface area contributed by atoms with Crippen LogP contribution < -0.4 is 15.1 Å². The highest BCUT2D eigenvalue weighted by atomic mass is 16.5. The van der Waals surface area contributed by atoms with Crippen LogP contribution in [0.25, 0.3) is 6.08 Å². The first kappa shape index (κ1) is 20.8. The Bertz CT molecular complexity index is 1220. The van der Waals surface area contributed by atoms with Gasteiger partial charge in [0.15, 0.2) is 0 Å². The molecule has 1 aromatic rings. The Balaban J connectivity index is 1.43. The lowest BCUT2D eigenvalue weighted by atomic mass is 9.46. The molecular formula is C26H30N3O5-. The van der Waals surface area contributed by atoms with Gasteiger partial charge in [-0.2, -0.15) is 0 Å². The summed E-state index contributed by atoms with van der Waals surface area (Å²) in [6, 6.07) is 2.79. The van der Waals surface area contributed by atoms with Crippen molar-refractivity contribution in [3.05, 3.63) is 34.5 Å². The lowest BCUT2D eigenvalue weighted by Crippen LogP contribution is -2.86. The lowest BCUT2D eigenvalue weighted by molar-refractivity contribution is -0.206. The number of carbonyl (C=O) groups is 2. The third-order valence-electron chi connectivity index (χ3n) is 9.74. The number of rotatable bonds is 0. The molecule has 8 nitrogen and oxygen atoms in total. The van der Waals surface area contributed by atoms with Gasteiger partial charge in [-0.1, -0.05) is 19.9 Å². The fraction of sp³-hybridized carbons (Fsp3) is 0.615. The van der Waals surface area contributed by atoms with Gasteiger partial charge in [-0.3, -0.25) is 9.59 Å². The number of anilines is 1. The van der Waals surface area contributed by atoms with E-state index in [0.717, 1.165) is 11.5 Å². The van der Waals surface area contributed by atoms with Crippen molar-refractivity contribution in [3.63, 3.8) is 0 Å². The number of ether oxygens (including phenoxy) is 1. The van der Waals surface area contributed by atoms with E-state index in [1.54, 1.807) is 17.0 Å². The number of hydrogen-bond donors (Lipinski definition) is 2. The third kappa shape index (κ3) is 2.02. The van der Waals surface area contributed by atoms with Crippen LogP contribution in [0.3, 0.4) is 0 Å². The van der Waals surface area contributed by atoms with E-state index < -0.39 is 33.7 Å². The Morgan fingerprint density at radius 1 is 1.21 bits per heavy atom. The van der Waals surface area contributed by atoms with Crippen LogP contribution in [-0.4, -0.2) is 51.1 Å². The zero-order valence-corrected chi connectivity index (χ0v) is 20.0. The van der Waals surface area contributed by atoms with E-state index in [4.69, 9.17) is 4.74 Å². The van der Waals surface area contributed by atoms with E-state index in [2.05, 4.69) is 5.32 Å². The van der Waals surface area contributed by atoms with Crippen LogP contribution in [-0.2, 0) is 15.2 Å². The molecule has 6 aliphatic heterocycles. The molecular weight excluding hydrogens is 434 g/mol. The molecule has 2 bridgehead atoms. The molecule has 8 rings (SSSR count). The van der Waals surface area contributed by atoms with Crippen molar-refractivity contribution in [3.8, 4) is 5.75 Å². The molecule has 6 heterocycles. The van der Waals surface area contributed by atoms with E-state index in [1.807, 2.05) is 39.8 Å². The van der Waals surface area contributed by atoms with Gasteiger partial charge in [0.2, 0.25) is 11.8 Å². The van der Waals surface area contributed by atoms with Crippen LogP contribution in [0, 0.1) is 16.5 Å². The summed E-state index contributed by atoms with van der Waals surface area (Å²) in [5.41, 5.74) is -3.30. The SMILES string of the molecule is CC1(C)C=Cc2c(ccc3c2N([O-])C2C(C)(C)[C@H]4C[C@@]56CCCN5C(=O)[C@@]4(C[C@@]32O)NC6=O)O1. The number of aliphatic hydroxyl groups is 1. The van der Waals surface area contributed by atoms with E-state index in [1.165, 1.54) is 0 Å². The number of hydroxylamine groups is 1. The normalized spacial score (nSPS) is 41.8. The van der Waals surface area contributed by atoms with Gasteiger partial charge in [-0.05, 0) is 56.7 Å². The summed E-state index contributed by atoms with van der Waals surface area (Å²) in [5, 5.41) is 30.4. The van der Waals surface area contributed by atoms with E-state index in [9.17, 15) is 19.9 Å². The van der Waals surface area contributed by atoms with Gasteiger partial charge in [-0.25, -0.2) is 0 Å². The molecule has 180 valence electrons. The second kappa shape index (κ2) is 5.62. The van der Waals surface area contributed by atoms with Gasteiger partial charge in [-0.15, -0.1) is 0 Å². The number of fused-ring (bicyclic) bond motifs is 6. The van der Waals surface area contributed by atoms with Crippen LogP contribution in [0.1, 0.15) is 64.5 Å². The first-order valence-corrected chi connectivity index (χ1v) is 12.3. The summed E-state index contributed by atoms with van der Waals surface area (Å²) in [6.45, 7) is 8.42. The topological polar surface area (TPSA) is 105 Å². The molecule has 5 fully saturated rings. The average molecular weight is 465 g/mol. The number of nitrogens with one attached hydrogen (secondary N) is 1. The van der Waals surface area contributed by atoms with E-state index in [-0.39, 0.29) is 24.2 Å². The second-order valence-electron chi connectivity index (χ2n) is 12.3. The molecule has 8 heteroatoms. The van der Waals surface area contributed by atoms with Crippen molar-refractivity contribution < 1.29 is 19.4 Å². The maximum Gasteiger partial charge on any atom is 0.249 e. The molecule has 7 aliphatic rings. The van der Waals surface area contributed by atoms with Gasteiger partial charge >= 0.3 is 0 Å². The Morgan fingerprint density at radius 2 is 1.97 bits per heavy atom. The summed E-state index contributed by atoms with van der Waals surface area (Å²) in [4.78, 5) is 29.1. The quantitative estimate of drug-likeness (QED) is 0.611. The number of hydrogen-bond acceptors (Lipinski definition) is 6. The van der Waals surface area contributed by atoms with E-state index in [0.29, 0.717) is 42.0 Å². The van der Waals surface area contributed by atoms with Gasteiger partial charge in [0.25, 0.3) is 0 Å². The fourth-order valence-electron chi connectivity index (χ4n) is 8.44. The molecule has 5 atom stereocenters. The molecule has 0 aromatic heterocycles. The minimum atomic E-state index is -1.59. The van der Waals surface area contributed by atoms with Crippen LogP contribution >= 0.6 is 0 Å². The smallest absolute Gasteiger partial charge is 0.249 e. The highest BCUT2D eigenvalue weighted by Crippen LogP contribution is 2.67. The van der Waals surface area contributed by atoms with Crippen molar-refractivity contribution in [2.45, 2.75) is 81.7 Å². The Kier molecular flexibility index (Phi) is 3.43. The van der Waals surface area contributed by atoms with Crippen LogP contribution in [0.4, 0.5) is 5.69 Å². The number of benzene rings is 1. The Hall–Kier alpha value is -2.58. The van der Waals surface area contributed by atoms with Crippen molar-refractivity contribution in [1.29, 1.82) is 0 Å². The molecule has 2 spiro atoms. The molecule has 4 saturated heterocycles. The first-order valence-electron chi connectivity index (χ1n) is 12.3. The molecule has 1 aromatic carbocycles. The standard InChI is InChI=1S/C26H30N3O5/c1-22(2)10-8-14-16(34-22)7-6-15-18(14)29(33)19-23(3,4)17-12-24-9-5-11-28(24)21(31)25(17,27-20(24)30)13-26(15,19)32/h6-8,10,17,19,32H,5,9,11-13H2,1-4H3,(H,27,30)/q-1/t17-,19?,24-,25+,26-/m1/s1. The molecule has 0 radical (unpaired) electrons. The number of amides is 2. The predicted octanol–water partition coefficient (Wildman–Crippen LogP) is 2.42. The van der Waals surface area contributed by atoms with Crippen molar-refractivity contribution in [2.75, 3.05) is 11.6 Å². The Labute approximate surface area is 198 Å². The van der Waals surface area contributed by atoms with Gasteiger partial charge in [0.05, 0.1) is 6.04 Å². The molecule has 1 saturated carbocycles. The summed E-state index contributed by atoms with van der Waals surface area (Å²) in [7, 11) is 0. The molecule has 34 heavy (non-hydrogen) atoms. The first-order chi connectivity index (χ1) is 15.9. The molecule has 2 amide bonds. The van der Waals surface area contributed by atoms with Crippen LogP contribution in [0.15, 0.2) is 18.2 Å². The number of piperazine rings is 1. The Morgan fingerprint density at radius 3 is 2.74 bits per heavy atom. The zero-order valence-electron chi connectivity index (χ0n) is 20.0. The number of carbonyl (C=O) groups excluding carboxylic acids is 2. The van der Waals surface area contributed by atoms with Crippen LogP contribution in [0.5, 0.6) is 5.75 Å². The van der Waals surface area contributed by atoms with E-state index >= 15 is 0 Å². The molecule has 2 N–H and O–H groups in total. The summed E-state index contributed by atoms with van der Waals surface area (Å²) in [6.07, 6.45) is 5.78. The summed E-state index contributed by atoms with van der Waals surface area (Å²) >= 11 is 0. The largest absolute Gasteiger partial charge is 0.758 e. The van der Waals surface area contributed by atoms with Gasteiger partial charge in [0.1, 0.15) is 28.0 Å². The minimum absolute atomic E-state index is 0.00346. The van der Waals surface area contributed by atoms with Crippen molar-refractivity contribution in [2.24, 2.45) is 11.3 Å². The minimum Gasteiger partial charge on any atom is -0.758 e. The highest BCUT2D eigenvalue weighted by molar-refractivity contribution is 6.05. The van der Waals surface area contributed by atoms with Gasteiger partial charge in [0, 0.05) is 35.7 Å². The van der Waals surface area contributed by atoms with Crippen LogP contribution in [0.2, 0.25) is 0 Å².